The Morgan fingerprint density at radius 1 is 0.714 bits per heavy atom. The van der Waals surface area contributed by atoms with E-state index in [1.165, 1.54) is 32.1 Å². The average molecular weight is 387 g/mol. The maximum absolute atomic E-state index is 2.77. The van der Waals surface area contributed by atoms with Gasteiger partial charge in [-0.1, -0.05) is 67.2 Å². The molecule has 0 radical (unpaired) electrons. The Morgan fingerprint density at radius 2 is 1.50 bits per heavy atom. The van der Waals surface area contributed by atoms with Gasteiger partial charge in [0.25, 0.3) is 0 Å². The van der Waals surface area contributed by atoms with Gasteiger partial charge in [-0.05, 0) is 110 Å². The van der Waals surface area contributed by atoms with Gasteiger partial charge in [0.2, 0.25) is 0 Å². The zero-order valence-electron chi connectivity index (χ0n) is 20.1. The SMILES string of the molecule is CC(C)[C@@H](C)CC[C@@H](C)[C@H]1CC[C@@]2(C)[C@@H]1CC[C@@H]1[C@H]3CCCC[C@@]3(C)CC[C@H]12. The highest BCUT2D eigenvalue weighted by molar-refractivity contribution is 5.08. The molecule has 0 heterocycles. The minimum atomic E-state index is 0.685. The Kier molecular flexibility index (Phi) is 6.01. The van der Waals surface area contributed by atoms with Crippen molar-refractivity contribution in [2.24, 2.45) is 58.2 Å². The van der Waals surface area contributed by atoms with Crippen molar-refractivity contribution in [2.75, 3.05) is 0 Å². The van der Waals surface area contributed by atoms with Gasteiger partial charge in [-0.25, -0.2) is 0 Å². The van der Waals surface area contributed by atoms with E-state index in [1.54, 1.807) is 44.9 Å². The minimum absolute atomic E-state index is 0.685. The van der Waals surface area contributed by atoms with Crippen LogP contribution in [0, 0.1) is 58.2 Å². The van der Waals surface area contributed by atoms with Crippen molar-refractivity contribution in [3.63, 3.8) is 0 Å². The monoisotopic (exact) mass is 386 g/mol. The van der Waals surface area contributed by atoms with Crippen LogP contribution in [0.25, 0.3) is 0 Å². The molecule has 4 aliphatic rings. The van der Waals surface area contributed by atoms with Crippen molar-refractivity contribution in [1.82, 2.24) is 0 Å². The van der Waals surface area contributed by atoms with E-state index in [1.807, 2.05) is 0 Å². The fourth-order valence-corrected chi connectivity index (χ4v) is 9.15. The van der Waals surface area contributed by atoms with Crippen molar-refractivity contribution in [3.8, 4) is 0 Å². The molecule has 4 fully saturated rings. The van der Waals surface area contributed by atoms with Gasteiger partial charge in [0.15, 0.2) is 0 Å². The van der Waals surface area contributed by atoms with E-state index >= 15 is 0 Å². The molecule has 0 unspecified atom stereocenters. The molecule has 4 aliphatic carbocycles. The first-order chi connectivity index (χ1) is 13.3. The first-order valence-electron chi connectivity index (χ1n) is 13.3. The van der Waals surface area contributed by atoms with Gasteiger partial charge in [-0.3, -0.25) is 0 Å². The molecule has 0 aromatic heterocycles. The fourth-order valence-electron chi connectivity index (χ4n) is 9.15. The smallest absolute Gasteiger partial charge is 0.0264 e. The number of fused-ring (bicyclic) bond motifs is 5. The van der Waals surface area contributed by atoms with Gasteiger partial charge in [0, 0.05) is 0 Å². The van der Waals surface area contributed by atoms with Gasteiger partial charge in [-0.2, -0.15) is 0 Å². The summed E-state index contributed by atoms with van der Waals surface area (Å²) < 4.78 is 0. The molecular weight excluding hydrogens is 336 g/mol. The molecule has 0 amide bonds. The van der Waals surface area contributed by atoms with Gasteiger partial charge in [0.05, 0.1) is 0 Å². The van der Waals surface area contributed by atoms with Gasteiger partial charge >= 0.3 is 0 Å². The summed E-state index contributed by atoms with van der Waals surface area (Å²) in [6.07, 6.45) is 18.4. The van der Waals surface area contributed by atoms with Gasteiger partial charge in [-0.15, -0.1) is 0 Å². The largest absolute Gasteiger partial charge is 0.0625 e. The first-order valence-corrected chi connectivity index (χ1v) is 13.3. The molecular formula is C28H50. The standard InChI is InChI=1S/C28H50/c1-19(2)20(3)10-11-21(4)22-14-18-28(6)25(22)13-12-23-24-9-7-8-16-27(24,5)17-15-26(23)28/h19-26H,7-18H2,1-6H3/t20-,21+,22+,23+,24+,25+,26+,27-,28-/m0/s1. The Bertz CT molecular complexity index is 534. The quantitative estimate of drug-likeness (QED) is 0.443. The van der Waals surface area contributed by atoms with Crippen LogP contribution in [0.5, 0.6) is 0 Å². The number of hydrogen-bond acceptors (Lipinski definition) is 0. The van der Waals surface area contributed by atoms with Crippen LogP contribution in [0.1, 0.15) is 119 Å². The fraction of sp³-hybridized carbons (Fsp3) is 1.00. The third-order valence-corrected chi connectivity index (χ3v) is 11.5. The molecule has 0 heteroatoms. The van der Waals surface area contributed by atoms with Crippen molar-refractivity contribution in [2.45, 2.75) is 119 Å². The second-order valence-corrected chi connectivity index (χ2v) is 13.0. The van der Waals surface area contributed by atoms with Crippen LogP contribution in [-0.4, -0.2) is 0 Å². The number of rotatable bonds is 5. The Morgan fingerprint density at radius 3 is 2.25 bits per heavy atom. The molecule has 9 atom stereocenters. The summed E-state index contributed by atoms with van der Waals surface area (Å²) in [6, 6.07) is 0. The van der Waals surface area contributed by atoms with E-state index in [4.69, 9.17) is 0 Å². The molecule has 0 aromatic carbocycles. The molecule has 0 bridgehead atoms. The van der Waals surface area contributed by atoms with Crippen LogP contribution in [0.3, 0.4) is 0 Å². The summed E-state index contributed by atoms with van der Waals surface area (Å²) in [5.74, 6) is 7.99. The molecule has 0 nitrogen and oxygen atoms in total. The third-order valence-electron chi connectivity index (χ3n) is 11.5. The lowest BCUT2D eigenvalue weighted by atomic mass is 9.45. The third kappa shape index (κ3) is 3.51. The summed E-state index contributed by atoms with van der Waals surface area (Å²) in [4.78, 5) is 0. The second kappa shape index (κ2) is 7.92. The highest BCUT2D eigenvalue weighted by atomic mass is 14.6. The maximum atomic E-state index is 2.77. The summed E-state index contributed by atoms with van der Waals surface area (Å²) in [5, 5.41) is 0. The molecule has 0 aliphatic heterocycles. The lowest BCUT2D eigenvalue weighted by molar-refractivity contribution is -0.108. The van der Waals surface area contributed by atoms with E-state index < -0.39 is 0 Å². The molecule has 0 aromatic rings. The normalized spacial score (nSPS) is 47.9. The van der Waals surface area contributed by atoms with Crippen LogP contribution in [0.2, 0.25) is 0 Å². The highest BCUT2D eigenvalue weighted by Gasteiger charge is 2.59. The highest BCUT2D eigenvalue weighted by Crippen LogP contribution is 2.68. The molecule has 162 valence electrons. The van der Waals surface area contributed by atoms with Crippen LogP contribution in [-0.2, 0) is 0 Å². The first kappa shape index (κ1) is 21.2. The Labute approximate surface area is 177 Å². The van der Waals surface area contributed by atoms with Crippen LogP contribution < -0.4 is 0 Å². The lowest BCUT2D eigenvalue weighted by Crippen LogP contribution is -2.52. The molecule has 4 saturated carbocycles. The van der Waals surface area contributed by atoms with Crippen molar-refractivity contribution >= 4 is 0 Å². The van der Waals surface area contributed by atoms with E-state index in [-0.39, 0.29) is 0 Å². The van der Waals surface area contributed by atoms with Crippen LogP contribution >= 0.6 is 0 Å². The van der Waals surface area contributed by atoms with Crippen molar-refractivity contribution < 1.29 is 0 Å². The van der Waals surface area contributed by atoms with Crippen LogP contribution in [0.15, 0.2) is 0 Å². The topological polar surface area (TPSA) is 0 Å². The maximum Gasteiger partial charge on any atom is -0.0264 e. The second-order valence-electron chi connectivity index (χ2n) is 13.0. The van der Waals surface area contributed by atoms with Crippen LogP contribution in [0.4, 0.5) is 0 Å². The average Bonchev–Trinajstić information content (AvgIpc) is 3.02. The zero-order chi connectivity index (χ0) is 20.1. The Hall–Kier alpha value is 0. The Balaban J connectivity index is 1.45. The van der Waals surface area contributed by atoms with E-state index in [9.17, 15) is 0 Å². The predicted octanol–water partition coefficient (Wildman–Crippen LogP) is 8.74. The summed E-state index contributed by atoms with van der Waals surface area (Å²) in [7, 11) is 0. The molecule has 0 N–H and O–H groups in total. The van der Waals surface area contributed by atoms with E-state index in [2.05, 4.69) is 41.5 Å². The molecule has 0 spiro atoms. The molecule has 4 rings (SSSR count). The predicted molar refractivity (Wildman–Crippen MR) is 122 cm³/mol. The summed E-state index contributed by atoms with van der Waals surface area (Å²) >= 11 is 0. The minimum Gasteiger partial charge on any atom is -0.0625 e. The van der Waals surface area contributed by atoms with Gasteiger partial charge < -0.3 is 0 Å². The molecule has 0 saturated heterocycles. The van der Waals surface area contributed by atoms with E-state index in [0.717, 1.165) is 47.3 Å². The molecule has 28 heavy (non-hydrogen) atoms. The zero-order valence-corrected chi connectivity index (χ0v) is 20.1. The van der Waals surface area contributed by atoms with E-state index in [0.29, 0.717) is 10.8 Å². The van der Waals surface area contributed by atoms with Crippen molar-refractivity contribution in [1.29, 1.82) is 0 Å². The summed E-state index contributed by atoms with van der Waals surface area (Å²) in [5.41, 5.74) is 1.39. The number of hydrogen-bond donors (Lipinski definition) is 0. The van der Waals surface area contributed by atoms with Gasteiger partial charge in [0.1, 0.15) is 0 Å². The van der Waals surface area contributed by atoms with Crippen molar-refractivity contribution in [3.05, 3.63) is 0 Å². The summed E-state index contributed by atoms with van der Waals surface area (Å²) in [6.45, 7) is 15.4. The lowest BCUT2D eigenvalue weighted by Gasteiger charge is -2.60.